The third-order valence-corrected chi connectivity index (χ3v) is 7.64. The lowest BCUT2D eigenvalue weighted by Crippen LogP contribution is -2.57. The number of nitrogens with one attached hydrogen (secondary N) is 2. The van der Waals surface area contributed by atoms with E-state index in [9.17, 15) is 24.3 Å². The SMILES string of the molecule is CC(C)CCC(C)N(C(=O)C(CC(C)C)NC(=O)OC(C)(C)C)C(C(=O)NC(Cc1ccccc1)C(=O)OC(C)(C)C)c1ccccc1O. The van der Waals surface area contributed by atoms with Crippen LogP contribution in [0.15, 0.2) is 54.6 Å². The number of carbonyl (C=O) groups is 4. The van der Waals surface area contributed by atoms with Gasteiger partial charge in [0.15, 0.2) is 0 Å². The summed E-state index contributed by atoms with van der Waals surface area (Å²) < 4.78 is 11.2. The van der Waals surface area contributed by atoms with E-state index < -0.39 is 59.2 Å². The minimum atomic E-state index is -1.35. The number of phenolic OH excluding ortho intramolecular Hbond substituents is 1. The number of rotatable bonds is 15. The molecule has 2 rings (SSSR count). The van der Waals surface area contributed by atoms with Crippen LogP contribution in [0.5, 0.6) is 5.75 Å². The summed E-state index contributed by atoms with van der Waals surface area (Å²) in [6.45, 7) is 20.3. The topological polar surface area (TPSA) is 134 Å². The van der Waals surface area contributed by atoms with Gasteiger partial charge in [0.25, 0.3) is 0 Å². The molecular weight excluding hydrogens is 622 g/mol. The van der Waals surface area contributed by atoms with Gasteiger partial charge in [0.2, 0.25) is 11.8 Å². The van der Waals surface area contributed by atoms with Gasteiger partial charge in [-0.15, -0.1) is 0 Å². The van der Waals surface area contributed by atoms with Crippen LogP contribution in [0.1, 0.15) is 113 Å². The Hall–Kier alpha value is -4.08. The number of nitrogens with zero attached hydrogens (tertiary/aromatic N) is 1. The van der Waals surface area contributed by atoms with Crippen LogP contribution in [0.2, 0.25) is 0 Å². The molecule has 3 amide bonds. The second kappa shape index (κ2) is 18.1. The molecule has 2 aromatic carbocycles. The molecule has 3 N–H and O–H groups in total. The van der Waals surface area contributed by atoms with E-state index >= 15 is 0 Å². The third kappa shape index (κ3) is 14.1. The first kappa shape index (κ1) is 41.1. The lowest BCUT2D eigenvalue weighted by molar-refractivity contribution is -0.159. The quantitative estimate of drug-likeness (QED) is 0.171. The first-order valence-corrected chi connectivity index (χ1v) is 17.3. The van der Waals surface area contributed by atoms with Gasteiger partial charge in [-0.1, -0.05) is 76.2 Å². The molecule has 4 atom stereocenters. The molecule has 0 saturated carbocycles. The average molecular weight is 682 g/mol. The Balaban J connectivity index is 2.72. The van der Waals surface area contributed by atoms with Crippen LogP contribution < -0.4 is 10.6 Å². The van der Waals surface area contributed by atoms with Crippen molar-refractivity contribution in [3.63, 3.8) is 0 Å². The van der Waals surface area contributed by atoms with Crippen molar-refractivity contribution in [2.24, 2.45) is 11.8 Å². The fourth-order valence-electron chi connectivity index (χ4n) is 5.44. The molecule has 4 unspecified atom stereocenters. The van der Waals surface area contributed by atoms with Gasteiger partial charge in [-0.25, -0.2) is 9.59 Å². The number of hydrogen-bond donors (Lipinski definition) is 3. The maximum atomic E-state index is 14.8. The summed E-state index contributed by atoms with van der Waals surface area (Å²) >= 11 is 0. The van der Waals surface area contributed by atoms with E-state index in [4.69, 9.17) is 9.47 Å². The molecular formula is C39H59N3O7. The van der Waals surface area contributed by atoms with E-state index in [1.165, 1.54) is 11.0 Å². The number of phenols is 1. The van der Waals surface area contributed by atoms with Crippen molar-refractivity contribution in [2.75, 3.05) is 0 Å². The number of para-hydroxylation sites is 1. The van der Waals surface area contributed by atoms with E-state index in [0.717, 1.165) is 12.0 Å². The largest absolute Gasteiger partial charge is 0.508 e. The van der Waals surface area contributed by atoms with Crippen molar-refractivity contribution in [2.45, 2.75) is 137 Å². The Labute approximate surface area is 293 Å². The zero-order chi connectivity index (χ0) is 37.1. The van der Waals surface area contributed by atoms with Crippen molar-refractivity contribution in [1.82, 2.24) is 15.5 Å². The number of ether oxygens (including phenoxy) is 2. The van der Waals surface area contributed by atoms with Gasteiger partial charge in [-0.3, -0.25) is 9.59 Å². The number of hydrogen-bond acceptors (Lipinski definition) is 7. The third-order valence-electron chi connectivity index (χ3n) is 7.64. The van der Waals surface area contributed by atoms with E-state index in [1.807, 2.05) is 51.1 Å². The number of esters is 1. The normalized spacial score (nSPS) is 14.4. The first-order chi connectivity index (χ1) is 22.7. The van der Waals surface area contributed by atoms with Crippen molar-refractivity contribution >= 4 is 23.9 Å². The summed E-state index contributed by atoms with van der Waals surface area (Å²) in [6.07, 6.45) is 0.957. The smallest absolute Gasteiger partial charge is 0.408 e. The molecule has 10 heteroatoms. The minimum absolute atomic E-state index is 0.00321. The van der Waals surface area contributed by atoms with Gasteiger partial charge < -0.3 is 30.1 Å². The molecule has 0 aliphatic carbocycles. The molecule has 0 fully saturated rings. The van der Waals surface area contributed by atoms with Gasteiger partial charge in [0.1, 0.15) is 35.1 Å². The van der Waals surface area contributed by atoms with Crippen LogP contribution in [0.3, 0.4) is 0 Å². The van der Waals surface area contributed by atoms with Crippen molar-refractivity contribution in [3.8, 4) is 5.75 Å². The van der Waals surface area contributed by atoms with Gasteiger partial charge in [0.05, 0.1) is 0 Å². The van der Waals surface area contributed by atoms with E-state index in [0.29, 0.717) is 12.3 Å². The van der Waals surface area contributed by atoms with Crippen LogP contribution in [0.25, 0.3) is 0 Å². The van der Waals surface area contributed by atoms with Crippen molar-refractivity contribution in [3.05, 3.63) is 65.7 Å². The van der Waals surface area contributed by atoms with Crippen LogP contribution in [-0.2, 0) is 30.3 Å². The standard InChI is InChI=1S/C39H59N3O7/c1-25(2)21-22-27(5)42(35(45)30(23-26(3)4)41-37(47)49-39(9,10)11)33(29-19-15-16-20-32(29)43)34(44)40-31(36(46)48-38(6,7)8)24-28-17-13-12-14-18-28/h12-20,25-27,30-31,33,43H,21-24H2,1-11H3,(H,40,44)(H,41,47). The number of alkyl carbamates (subject to hydrolysis) is 1. The summed E-state index contributed by atoms with van der Waals surface area (Å²) in [5.41, 5.74) is -0.631. The summed E-state index contributed by atoms with van der Waals surface area (Å²) in [4.78, 5) is 57.5. The van der Waals surface area contributed by atoms with Crippen LogP contribution in [0.4, 0.5) is 4.79 Å². The Morgan fingerprint density at radius 2 is 1.31 bits per heavy atom. The highest BCUT2D eigenvalue weighted by Crippen LogP contribution is 2.33. The van der Waals surface area contributed by atoms with Gasteiger partial charge >= 0.3 is 12.1 Å². The molecule has 0 aliphatic heterocycles. The van der Waals surface area contributed by atoms with Gasteiger partial charge in [-0.2, -0.15) is 0 Å². The summed E-state index contributed by atoms with van der Waals surface area (Å²) in [7, 11) is 0. The molecule has 0 saturated heterocycles. The number of benzene rings is 2. The van der Waals surface area contributed by atoms with E-state index in [-0.39, 0.29) is 30.1 Å². The highest BCUT2D eigenvalue weighted by molar-refractivity contribution is 5.94. The Bertz CT molecular complexity index is 1380. The second-order valence-corrected chi connectivity index (χ2v) is 15.6. The molecule has 0 aliphatic rings. The lowest BCUT2D eigenvalue weighted by atomic mass is 9.94. The predicted molar refractivity (Wildman–Crippen MR) is 192 cm³/mol. The monoisotopic (exact) mass is 681 g/mol. The molecule has 0 radical (unpaired) electrons. The van der Waals surface area contributed by atoms with E-state index in [1.54, 1.807) is 59.7 Å². The highest BCUT2D eigenvalue weighted by atomic mass is 16.6. The van der Waals surface area contributed by atoms with Crippen molar-refractivity contribution in [1.29, 1.82) is 0 Å². The zero-order valence-corrected chi connectivity index (χ0v) is 31.3. The molecule has 0 spiro atoms. The molecule has 49 heavy (non-hydrogen) atoms. The fourth-order valence-corrected chi connectivity index (χ4v) is 5.44. The van der Waals surface area contributed by atoms with Crippen LogP contribution in [0, 0.1) is 11.8 Å². The predicted octanol–water partition coefficient (Wildman–Crippen LogP) is 7.10. The summed E-state index contributed by atoms with van der Waals surface area (Å²) in [6, 6.07) is 11.6. The Morgan fingerprint density at radius 1 is 0.735 bits per heavy atom. The average Bonchev–Trinajstić information content (AvgIpc) is 2.96. The zero-order valence-electron chi connectivity index (χ0n) is 31.3. The fraction of sp³-hybridized carbons (Fsp3) is 0.590. The number of aromatic hydroxyl groups is 1. The molecule has 2 aromatic rings. The van der Waals surface area contributed by atoms with Crippen molar-refractivity contribution < 1.29 is 33.8 Å². The van der Waals surface area contributed by atoms with Crippen LogP contribution >= 0.6 is 0 Å². The molecule has 10 nitrogen and oxygen atoms in total. The van der Waals surface area contributed by atoms with Gasteiger partial charge in [-0.05, 0) is 91.2 Å². The van der Waals surface area contributed by atoms with E-state index in [2.05, 4.69) is 24.5 Å². The highest BCUT2D eigenvalue weighted by Gasteiger charge is 2.41. The molecule has 0 aromatic heterocycles. The first-order valence-electron chi connectivity index (χ1n) is 17.3. The minimum Gasteiger partial charge on any atom is -0.508 e. The van der Waals surface area contributed by atoms with Gasteiger partial charge in [0, 0.05) is 18.0 Å². The molecule has 0 bridgehead atoms. The summed E-state index contributed by atoms with van der Waals surface area (Å²) in [5, 5.41) is 16.8. The molecule has 272 valence electrons. The second-order valence-electron chi connectivity index (χ2n) is 15.6. The Morgan fingerprint density at radius 3 is 1.84 bits per heavy atom. The number of amides is 3. The maximum absolute atomic E-state index is 14.8. The Kier molecular flexibility index (Phi) is 15.2. The molecule has 0 heterocycles. The van der Waals surface area contributed by atoms with Crippen LogP contribution in [-0.4, -0.2) is 63.2 Å². The number of carbonyl (C=O) groups excluding carboxylic acids is 4. The lowest BCUT2D eigenvalue weighted by Gasteiger charge is -2.39. The maximum Gasteiger partial charge on any atom is 0.408 e. The summed E-state index contributed by atoms with van der Waals surface area (Å²) in [5.74, 6) is -1.68.